The first-order valence-corrected chi connectivity index (χ1v) is 8.14. The van der Waals surface area contributed by atoms with E-state index in [1.807, 2.05) is 13.8 Å². The fraction of sp³-hybridized carbons (Fsp3) is 0.389. The summed E-state index contributed by atoms with van der Waals surface area (Å²) in [6, 6.07) is 7.85. The van der Waals surface area contributed by atoms with Gasteiger partial charge in [-0.25, -0.2) is 0 Å². The smallest absolute Gasteiger partial charge is 0.328 e. The number of methoxy groups -OCH3 is 2. The average molecular weight is 361 g/mol. The second-order valence-electron chi connectivity index (χ2n) is 5.84. The van der Waals surface area contributed by atoms with E-state index < -0.39 is 0 Å². The summed E-state index contributed by atoms with van der Waals surface area (Å²) in [7, 11) is 2.93. The van der Waals surface area contributed by atoms with Gasteiger partial charge in [-0.15, -0.1) is 0 Å². The molecule has 0 aliphatic rings. The summed E-state index contributed by atoms with van der Waals surface area (Å²) in [6.07, 6.45) is 0. The van der Waals surface area contributed by atoms with Gasteiger partial charge in [-0.05, 0) is 18.1 Å². The van der Waals surface area contributed by atoms with Crippen LogP contribution in [0.4, 0.5) is 0 Å². The van der Waals surface area contributed by atoms with Crippen molar-refractivity contribution < 1.29 is 24.1 Å². The minimum absolute atomic E-state index is 0.0102. The van der Waals surface area contributed by atoms with E-state index in [4.69, 9.17) is 14.2 Å². The van der Waals surface area contributed by atoms with Crippen molar-refractivity contribution in [3.63, 3.8) is 0 Å². The van der Waals surface area contributed by atoms with Crippen LogP contribution in [0, 0.1) is 5.92 Å². The fourth-order valence-electron chi connectivity index (χ4n) is 2.15. The second kappa shape index (κ2) is 9.00. The number of para-hydroxylation sites is 1. The van der Waals surface area contributed by atoms with Gasteiger partial charge in [-0.3, -0.25) is 4.79 Å². The molecule has 0 bridgehead atoms. The summed E-state index contributed by atoms with van der Waals surface area (Å²) in [5.74, 6) is 0.551. The lowest BCUT2D eigenvalue weighted by Crippen LogP contribution is -2.41. The Kier molecular flexibility index (Phi) is 6.74. The van der Waals surface area contributed by atoms with Crippen molar-refractivity contribution in [1.82, 2.24) is 15.3 Å². The Labute approximate surface area is 152 Å². The first kappa shape index (κ1) is 19.5. The fourth-order valence-corrected chi connectivity index (χ4v) is 2.15. The molecule has 0 saturated heterocycles. The van der Waals surface area contributed by atoms with E-state index >= 15 is 0 Å². The van der Waals surface area contributed by atoms with Crippen LogP contribution in [-0.2, 0) is 0 Å². The highest BCUT2D eigenvalue weighted by Crippen LogP contribution is 2.26. The van der Waals surface area contributed by atoms with Crippen LogP contribution in [0.1, 0.15) is 24.2 Å². The highest BCUT2D eigenvalue weighted by Gasteiger charge is 2.20. The van der Waals surface area contributed by atoms with E-state index in [1.165, 1.54) is 20.3 Å². The average Bonchev–Trinajstić information content (AvgIpc) is 2.65. The summed E-state index contributed by atoms with van der Waals surface area (Å²) < 4.78 is 15.9. The number of nitrogens with zero attached hydrogens (tertiary/aromatic N) is 2. The minimum atomic E-state index is -0.358. The Morgan fingerprint density at radius 2 is 1.77 bits per heavy atom. The molecule has 8 nitrogen and oxygen atoms in total. The van der Waals surface area contributed by atoms with E-state index in [9.17, 15) is 9.90 Å². The van der Waals surface area contributed by atoms with Crippen LogP contribution in [0.3, 0.4) is 0 Å². The number of aliphatic hydroxyl groups is 1. The van der Waals surface area contributed by atoms with Gasteiger partial charge in [0, 0.05) is 0 Å². The highest BCUT2D eigenvalue weighted by atomic mass is 16.5. The summed E-state index contributed by atoms with van der Waals surface area (Å²) >= 11 is 0. The third kappa shape index (κ3) is 4.82. The third-order valence-electron chi connectivity index (χ3n) is 3.73. The van der Waals surface area contributed by atoms with Crippen molar-refractivity contribution in [1.29, 1.82) is 0 Å². The lowest BCUT2D eigenvalue weighted by atomic mass is 10.0. The Morgan fingerprint density at radius 3 is 2.31 bits per heavy atom. The monoisotopic (exact) mass is 361 g/mol. The Balaban J connectivity index is 2.28. The zero-order valence-corrected chi connectivity index (χ0v) is 15.2. The van der Waals surface area contributed by atoms with Crippen molar-refractivity contribution in [3.05, 3.63) is 35.9 Å². The van der Waals surface area contributed by atoms with Crippen molar-refractivity contribution in [2.45, 2.75) is 19.9 Å². The van der Waals surface area contributed by atoms with Crippen LogP contribution in [0.15, 0.2) is 30.3 Å². The van der Waals surface area contributed by atoms with E-state index in [-0.39, 0.29) is 48.0 Å². The molecular formula is C18H23N3O5. The van der Waals surface area contributed by atoms with Crippen molar-refractivity contribution in [2.75, 3.05) is 20.8 Å². The van der Waals surface area contributed by atoms with Crippen molar-refractivity contribution >= 4 is 5.91 Å². The molecule has 1 heterocycles. The minimum Gasteiger partial charge on any atom is -0.481 e. The molecule has 0 spiro atoms. The van der Waals surface area contributed by atoms with Gasteiger partial charge in [-0.2, -0.15) is 9.97 Å². The molecule has 0 saturated carbocycles. The number of aromatic nitrogens is 2. The second-order valence-corrected chi connectivity index (χ2v) is 5.84. The van der Waals surface area contributed by atoms with Crippen molar-refractivity contribution in [3.8, 4) is 23.5 Å². The molecule has 0 aliphatic carbocycles. The normalized spacial score (nSPS) is 11.8. The number of nitrogens with one attached hydrogen (secondary N) is 1. The topological polar surface area (TPSA) is 103 Å². The summed E-state index contributed by atoms with van der Waals surface area (Å²) in [5.41, 5.74) is 0.303. The standard InChI is InChI=1S/C18H23N3O5/c1-11(2)13(10-22)19-17(23)12-7-5-6-8-14(12)26-18-20-15(24-3)9-16(21-18)25-4/h5-9,11,13,22H,10H2,1-4H3,(H,19,23). The van der Waals surface area contributed by atoms with Crippen LogP contribution in [0.25, 0.3) is 0 Å². The SMILES string of the molecule is COc1cc(OC)nc(Oc2ccccc2C(=O)NC(CO)C(C)C)n1. The van der Waals surface area contributed by atoms with Crippen LogP contribution in [-0.4, -0.2) is 47.8 Å². The summed E-state index contributed by atoms with van der Waals surface area (Å²) in [5, 5.41) is 12.2. The highest BCUT2D eigenvalue weighted by molar-refractivity contribution is 5.97. The molecule has 1 unspecified atom stereocenters. The maximum atomic E-state index is 12.6. The number of ether oxygens (including phenoxy) is 3. The Hall–Kier alpha value is -2.87. The van der Waals surface area contributed by atoms with Gasteiger partial charge in [0.25, 0.3) is 5.91 Å². The van der Waals surface area contributed by atoms with Crippen LogP contribution < -0.4 is 19.5 Å². The molecule has 1 aromatic carbocycles. The molecule has 2 aromatic rings. The van der Waals surface area contributed by atoms with Gasteiger partial charge in [0.15, 0.2) is 0 Å². The van der Waals surface area contributed by atoms with Gasteiger partial charge in [0.1, 0.15) is 5.75 Å². The molecule has 1 atom stereocenters. The van der Waals surface area contributed by atoms with E-state index in [0.29, 0.717) is 5.56 Å². The van der Waals surface area contributed by atoms with Gasteiger partial charge < -0.3 is 24.6 Å². The number of amides is 1. The number of aliphatic hydroxyl groups excluding tert-OH is 1. The maximum Gasteiger partial charge on any atom is 0.328 e. The number of carbonyl (C=O) groups excluding carboxylic acids is 1. The molecule has 0 radical (unpaired) electrons. The van der Waals surface area contributed by atoms with Gasteiger partial charge in [0.05, 0.1) is 38.5 Å². The van der Waals surface area contributed by atoms with Crippen LogP contribution in [0.2, 0.25) is 0 Å². The number of rotatable bonds is 8. The quantitative estimate of drug-likeness (QED) is 0.741. The summed E-state index contributed by atoms with van der Waals surface area (Å²) in [4.78, 5) is 20.8. The third-order valence-corrected chi connectivity index (χ3v) is 3.73. The van der Waals surface area contributed by atoms with Gasteiger partial charge >= 0.3 is 6.01 Å². The molecule has 8 heteroatoms. The molecule has 0 aliphatic heterocycles. The predicted octanol–water partition coefficient (Wildman–Crippen LogP) is 2.03. The lowest BCUT2D eigenvalue weighted by Gasteiger charge is -2.20. The largest absolute Gasteiger partial charge is 0.481 e. The zero-order chi connectivity index (χ0) is 19.1. The van der Waals surface area contributed by atoms with E-state index in [2.05, 4.69) is 15.3 Å². The predicted molar refractivity (Wildman–Crippen MR) is 94.8 cm³/mol. The Bertz CT molecular complexity index is 729. The van der Waals surface area contributed by atoms with Gasteiger partial charge in [0.2, 0.25) is 11.8 Å². The molecule has 26 heavy (non-hydrogen) atoms. The summed E-state index contributed by atoms with van der Waals surface area (Å²) in [6.45, 7) is 3.68. The molecule has 1 amide bonds. The number of hydrogen-bond acceptors (Lipinski definition) is 7. The molecule has 2 N–H and O–H groups in total. The lowest BCUT2D eigenvalue weighted by molar-refractivity contribution is 0.0894. The molecule has 140 valence electrons. The molecular weight excluding hydrogens is 338 g/mol. The zero-order valence-electron chi connectivity index (χ0n) is 15.2. The number of hydrogen-bond donors (Lipinski definition) is 2. The first-order valence-electron chi connectivity index (χ1n) is 8.14. The van der Waals surface area contributed by atoms with Crippen LogP contribution >= 0.6 is 0 Å². The van der Waals surface area contributed by atoms with Crippen molar-refractivity contribution in [2.24, 2.45) is 5.92 Å². The van der Waals surface area contributed by atoms with E-state index in [1.54, 1.807) is 24.3 Å². The first-order chi connectivity index (χ1) is 12.5. The Morgan fingerprint density at radius 1 is 1.15 bits per heavy atom. The number of benzene rings is 1. The molecule has 2 rings (SSSR count). The number of carbonyl (C=O) groups is 1. The molecule has 0 fully saturated rings. The van der Waals surface area contributed by atoms with Gasteiger partial charge in [-0.1, -0.05) is 26.0 Å². The molecule has 1 aromatic heterocycles. The maximum absolute atomic E-state index is 12.6. The van der Waals surface area contributed by atoms with E-state index in [0.717, 1.165) is 0 Å². The van der Waals surface area contributed by atoms with Crippen LogP contribution in [0.5, 0.6) is 23.5 Å².